The van der Waals surface area contributed by atoms with Crippen molar-refractivity contribution < 1.29 is 27.8 Å². The van der Waals surface area contributed by atoms with E-state index in [1.165, 1.54) is 24.3 Å². The Balaban J connectivity index is 2.23. The van der Waals surface area contributed by atoms with Crippen LogP contribution in [-0.2, 0) is 14.8 Å². The Morgan fingerprint density at radius 3 is 2.58 bits per heavy atom. The number of hydrogen-bond donors (Lipinski definition) is 2. The van der Waals surface area contributed by atoms with Crippen LogP contribution in [0.15, 0.2) is 35.4 Å². The zero-order chi connectivity index (χ0) is 23.2. The maximum absolute atomic E-state index is 13.1. The van der Waals surface area contributed by atoms with Crippen molar-refractivity contribution in [3.63, 3.8) is 0 Å². The first-order valence-corrected chi connectivity index (χ1v) is 11.5. The van der Waals surface area contributed by atoms with E-state index in [2.05, 4.69) is 9.71 Å². The van der Waals surface area contributed by atoms with Gasteiger partial charge in [-0.1, -0.05) is 6.07 Å². The Morgan fingerprint density at radius 1 is 1.26 bits per heavy atom. The summed E-state index contributed by atoms with van der Waals surface area (Å²) < 4.78 is 39.5. The van der Waals surface area contributed by atoms with Crippen LogP contribution < -0.4 is 9.46 Å². The predicted molar refractivity (Wildman–Crippen MR) is 118 cm³/mol. The number of pyridine rings is 1. The van der Waals surface area contributed by atoms with Gasteiger partial charge in [0, 0.05) is 42.7 Å². The van der Waals surface area contributed by atoms with Gasteiger partial charge in [0.15, 0.2) is 0 Å². The summed E-state index contributed by atoms with van der Waals surface area (Å²) in [5.74, 6) is 0.336. The van der Waals surface area contributed by atoms with Crippen molar-refractivity contribution in [3.05, 3.63) is 30.5 Å². The smallest absolute Gasteiger partial charge is 0.410 e. The molecule has 0 aliphatic rings. The van der Waals surface area contributed by atoms with Crippen molar-refractivity contribution in [1.29, 1.82) is 0 Å². The molecule has 1 aromatic carbocycles. The molecule has 10 heteroatoms. The molecule has 0 aliphatic heterocycles. The molecule has 2 N–H and O–H groups in total. The third-order valence-corrected chi connectivity index (χ3v) is 5.95. The van der Waals surface area contributed by atoms with E-state index >= 15 is 0 Å². The number of hydrogen-bond acceptors (Lipinski definition) is 7. The van der Waals surface area contributed by atoms with E-state index in [4.69, 9.17) is 14.6 Å². The van der Waals surface area contributed by atoms with Gasteiger partial charge >= 0.3 is 6.09 Å². The molecule has 0 radical (unpaired) electrons. The average molecular weight is 454 g/mol. The Labute approximate surface area is 183 Å². The lowest BCUT2D eigenvalue weighted by molar-refractivity contribution is 0.0229. The van der Waals surface area contributed by atoms with Gasteiger partial charge in [-0.3, -0.25) is 0 Å². The summed E-state index contributed by atoms with van der Waals surface area (Å²) in [5.41, 5.74) is -0.687. The lowest BCUT2D eigenvalue weighted by Gasteiger charge is -2.29. The van der Waals surface area contributed by atoms with E-state index in [-0.39, 0.29) is 24.6 Å². The number of sulfonamides is 1. The molecule has 1 unspecified atom stereocenters. The van der Waals surface area contributed by atoms with Crippen molar-refractivity contribution in [2.45, 2.75) is 50.7 Å². The zero-order valence-electron chi connectivity index (χ0n) is 18.6. The van der Waals surface area contributed by atoms with Gasteiger partial charge in [-0.15, -0.1) is 0 Å². The Hall–Kier alpha value is -2.43. The Bertz CT molecular complexity index is 1000. The summed E-state index contributed by atoms with van der Waals surface area (Å²) in [4.78, 5) is 18.1. The minimum absolute atomic E-state index is 0.0871. The number of ether oxygens (including phenoxy) is 2. The van der Waals surface area contributed by atoms with Gasteiger partial charge in [0.1, 0.15) is 5.60 Å². The van der Waals surface area contributed by atoms with Gasteiger partial charge < -0.3 is 19.5 Å². The van der Waals surface area contributed by atoms with Crippen LogP contribution in [0.3, 0.4) is 0 Å². The summed E-state index contributed by atoms with van der Waals surface area (Å²) in [6.07, 6.45) is 1.28. The van der Waals surface area contributed by atoms with Crippen molar-refractivity contribution in [2.24, 2.45) is 0 Å². The van der Waals surface area contributed by atoms with Crippen LogP contribution in [0.2, 0.25) is 0 Å². The van der Waals surface area contributed by atoms with Crippen LogP contribution >= 0.6 is 0 Å². The number of fused-ring (bicyclic) bond motifs is 1. The highest BCUT2D eigenvalue weighted by Gasteiger charge is 2.26. The second-order valence-electron chi connectivity index (χ2n) is 8.20. The number of methoxy groups -OCH3 is 1. The van der Waals surface area contributed by atoms with Gasteiger partial charge in [0.05, 0.1) is 12.0 Å². The quantitative estimate of drug-likeness (QED) is 0.599. The highest BCUT2D eigenvalue weighted by Crippen LogP contribution is 2.28. The number of nitrogens with zero attached hydrogens (tertiary/aromatic N) is 2. The van der Waals surface area contributed by atoms with Crippen LogP contribution in [-0.4, -0.2) is 68.0 Å². The molecule has 0 spiro atoms. The van der Waals surface area contributed by atoms with Gasteiger partial charge in [-0.05, 0) is 52.3 Å². The third kappa shape index (κ3) is 6.78. The van der Waals surface area contributed by atoms with E-state index in [1.807, 2.05) is 0 Å². The summed E-state index contributed by atoms with van der Waals surface area (Å²) in [6.45, 7) is 7.17. The minimum Gasteiger partial charge on any atom is -0.481 e. The van der Waals surface area contributed by atoms with Gasteiger partial charge in [0.25, 0.3) is 0 Å². The van der Waals surface area contributed by atoms with Gasteiger partial charge in [0.2, 0.25) is 15.9 Å². The maximum Gasteiger partial charge on any atom is 0.410 e. The summed E-state index contributed by atoms with van der Waals surface area (Å²) in [5, 5.41) is 10.2. The summed E-state index contributed by atoms with van der Waals surface area (Å²) in [7, 11) is -2.43. The number of carbonyl (C=O) groups excluding carboxylic acids is 1. The maximum atomic E-state index is 13.1. The van der Waals surface area contributed by atoms with Crippen molar-refractivity contribution in [3.8, 4) is 5.88 Å². The molecule has 1 aromatic heterocycles. The van der Waals surface area contributed by atoms with Crippen molar-refractivity contribution >= 4 is 26.9 Å². The van der Waals surface area contributed by atoms with E-state index in [0.29, 0.717) is 23.1 Å². The van der Waals surface area contributed by atoms with Crippen LogP contribution in [0.25, 0.3) is 10.8 Å². The zero-order valence-corrected chi connectivity index (χ0v) is 19.4. The highest BCUT2D eigenvalue weighted by molar-refractivity contribution is 7.89. The SMILES string of the molecule is COc1nccc2c(S(=O)(=O)NC(C)CN(CCCO)C(=O)OC(C)(C)C)cccc12. The number of aromatic nitrogens is 1. The number of aliphatic hydroxyl groups excluding tert-OH is 1. The minimum atomic E-state index is -3.90. The van der Waals surface area contributed by atoms with Gasteiger partial charge in [-0.2, -0.15) is 0 Å². The standard InChI is InChI=1S/C21H31N3O6S/c1-15(14-24(12-7-13-25)20(26)30-21(2,3)4)23-31(27,28)18-9-6-8-17-16(18)10-11-22-19(17)29-5/h6,8-11,15,23,25H,7,12-14H2,1-5H3. The number of benzene rings is 1. The number of carbonyl (C=O) groups is 1. The van der Waals surface area contributed by atoms with E-state index < -0.39 is 27.8 Å². The summed E-state index contributed by atoms with van der Waals surface area (Å²) >= 11 is 0. The largest absolute Gasteiger partial charge is 0.481 e. The molecule has 0 aliphatic carbocycles. The van der Waals surface area contributed by atoms with E-state index in [0.717, 1.165) is 0 Å². The molecule has 9 nitrogen and oxygen atoms in total. The molecule has 172 valence electrons. The Kier molecular flexibility index (Phi) is 8.21. The third-order valence-electron chi connectivity index (χ3n) is 4.30. The fraction of sp³-hybridized carbons (Fsp3) is 0.524. The number of aliphatic hydroxyl groups is 1. The molecule has 0 fully saturated rings. The molecule has 2 rings (SSSR count). The lowest BCUT2D eigenvalue weighted by Crippen LogP contribution is -2.46. The fourth-order valence-electron chi connectivity index (χ4n) is 3.09. The normalized spacial score (nSPS) is 13.1. The van der Waals surface area contributed by atoms with Crippen molar-refractivity contribution in [2.75, 3.05) is 26.8 Å². The molecule has 1 amide bonds. The monoisotopic (exact) mass is 453 g/mol. The van der Waals surface area contributed by atoms with Crippen LogP contribution in [0.4, 0.5) is 4.79 Å². The van der Waals surface area contributed by atoms with E-state index in [9.17, 15) is 13.2 Å². The summed E-state index contributed by atoms with van der Waals surface area (Å²) in [6, 6.07) is 5.89. The number of amides is 1. The lowest BCUT2D eigenvalue weighted by atomic mass is 10.2. The first-order valence-electron chi connectivity index (χ1n) is 10.0. The molecule has 31 heavy (non-hydrogen) atoms. The average Bonchev–Trinajstić information content (AvgIpc) is 2.68. The molecule has 0 saturated heterocycles. The number of rotatable bonds is 9. The molecule has 0 saturated carbocycles. The second kappa shape index (κ2) is 10.3. The molecule has 1 atom stereocenters. The molecule has 0 bridgehead atoms. The highest BCUT2D eigenvalue weighted by atomic mass is 32.2. The topological polar surface area (TPSA) is 118 Å². The number of nitrogens with one attached hydrogen (secondary N) is 1. The molecule has 2 aromatic rings. The molecular weight excluding hydrogens is 422 g/mol. The predicted octanol–water partition coefficient (Wildman–Crippen LogP) is 2.53. The van der Waals surface area contributed by atoms with Crippen molar-refractivity contribution in [1.82, 2.24) is 14.6 Å². The van der Waals surface area contributed by atoms with E-state index in [1.54, 1.807) is 45.9 Å². The van der Waals surface area contributed by atoms with Crippen LogP contribution in [0, 0.1) is 0 Å². The Morgan fingerprint density at radius 2 is 1.97 bits per heavy atom. The first kappa shape index (κ1) is 24.8. The second-order valence-corrected chi connectivity index (χ2v) is 9.88. The molecule has 1 heterocycles. The van der Waals surface area contributed by atoms with Crippen LogP contribution in [0.5, 0.6) is 5.88 Å². The molecular formula is C21H31N3O6S. The first-order chi connectivity index (χ1) is 14.5. The fourth-order valence-corrected chi connectivity index (χ4v) is 4.55. The van der Waals surface area contributed by atoms with Crippen LogP contribution in [0.1, 0.15) is 34.1 Å². The van der Waals surface area contributed by atoms with Gasteiger partial charge in [-0.25, -0.2) is 22.9 Å².